The van der Waals surface area contributed by atoms with Gasteiger partial charge in [0.2, 0.25) is 15.9 Å². The van der Waals surface area contributed by atoms with E-state index < -0.39 is 31.7 Å². The second-order valence-electron chi connectivity index (χ2n) is 4.78. The summed E-state index contributed by atoms with van der Waals surface area (Å²) in [4.78, 5) is 11.7. The fourth-order valence-electron chi connectivity index (χ4n) is 2.06. The predicted molar refractivity (Wildman–Crippen MR) is 78.2 cm³/mol. The Balaban J connectivity index is 2.14. The van der Waals surface area contributed by atoms with Gasteiger partial charge < -0.3 is 5.32 Å². The molecule has 1 amide bonds. The molecule has 2 rings (SSSR count). The van der Waals surface area contributed by atoms with Crippen molar-refractivity contribution < 1.29 is 21.6 Å². The van der Waals surface area contributed by atoms with Gasteiger partial charge in [-0.05, 0) is 24.6 Å². The van der Waals surface area contributed by atoms with Gasteiger partial charge in [-0.3, -0.25) is 4.79 Å². The van der Waals surface area contributed by atoms with Crippen molar-refractivity contribution in [1.82, 2.24) is 0 Å². The molecule has 116 valence electrons. The highest BCUT2D eigenvalue weighted by atomic mass is 35.5. The minimum absolute atomic E-state index is 0.00377. The normalized spacial score (nSPS) is 21.1. The monoisotopic (exact) mass is 352 g/mol. The first kappa shape index (κ1) is 16.2. The Morgan fingerprint density at radius 2 is 2.05 bits per heavy atom. The smallest absolute Gasteiger partial charge is 0.239 e. The maximum absolute atomic E-state index is 11.9. The standard InChI is InChI=1S/C11H13ClN2O5S2/c12-9-5-8(1-2-10(9)21(13,18)19)14-11(15)7-3-4-20(16,17)6-7/h1-2,5,7H,3-4,6H2,(H,14,15)(H2,13,18,19). The number of sulfone groups is 1. The SMILES string of the molecule is NS(=O)(=O)c1ccc(NC(=O)C2CCS(=O)(=O)C2)cc1Cl. The van der Waals surface area contributed by atoms with E-state index in [-0.39, 0.29) is 33.5 Å². The molecule has 10 heteroatoms. The molecule has 1 aromatic carbocycles. The zero-order valence-corrected chi connectivity index (χ0v) is 13.1. The quantitative estimate of drug-likeness (QED) is 0.812. The number of anilines is 1. The Morgan fingerprint density at radius 1 is 1.38 bits per heavy atom. The summed E-state index contributed by atoms with van der Waals surface area (Å²) in [5.41, 5.74) is 0.279. The largest absolute Gasteiger partial charge is 0.326 e. The topological polar surface area (TPSA) is 123 Å². The first-order chi connectivity index (χ1) is 9.58. The molecule has 1 saturated heterocycles. The zero-order chi connectivity index (χ0) is 15.8. The van der Waals surface area contributed by atoms with Crippen LogP contribution >= 0.6 is 11.6 Å². The molecule has 1 heterocycles. The van der Waals surface area contributed by atoms with Crippen LogP contribution in [0.4, 0.5) is 5.69 Å². The van der Waals surface area contributed by atoms with Crippen molar-refractivity contribution >= 4 is 43.1 Å². The number of amides is 1. The average molecular weight is 353 g/mol. The van der Waals surface area contributed by atoms with Crippen LogP contribution in [0.25, 0.3) is 0 Å². The molecule has 1 unspecified atom stereocenters. The lowest BCUT2D eigenvalue weighted by molar-refractivity contribution is -0.119. The van der Waals surface area contributed by atoms with Gasteiger partial charge in [-0.15, -0.1) is 0 Å². The van der Waals surface area contributed by atoms with Crippen LogP contribution in [0.15, 0.2) is 23.1 Å². The van der Waals surface area contributed by atoms with Crippen LogP contribution in [-0.2, 0) is 24.7 Å². The van der Waals surface area contributed by atoms with Crippen molar-refractivity contribution in [3.8, 4) is 0 Å². The molecule has 0 aromatic heterocycles. The highest BCUT2D eigenvalue weighted by Gasteiger charge is 2.33. The van der Waals surface area contributed by atoms with Gasteiger partial charge >= 0.3 is 0 Å². The predicted octanol–water partition coefficient (Wildman–Crippen LogP) is 0.361. The third-order valence-electron chi connectivity index (χ3n) is 3.11. The van der Waals surface area contributed by atoms with E-state index in [0.29, 0.717) is 0 Å². The van der Waals surface area contributed by atoms with E-state index >= 15 is 0 Å². The molecule has 0 spiro atoms. The maximum atomic E-state index is 11.9. The van der Waals surface area contributed by atoms with Crippen LogP contribution in [0.2, 0.25) is 5.02 Å². The lowest BCUT2D eigenvalue weighted by Crippen LogP contribution is -2.23. The van der Waals surface area contributed by atoms with Gasteiger partial charge in [-0.25, -0.2) is 22.0 Å². The van der Waals surface area contributed by atoms with Gasteiger partial charge in [0.15, 0.2) is 9.84 Å². The molecule has 1 aliphatic heterocycles. The summed E-state index contributed by atoms with van der Waals surface area (Å²) in [6, 6.07) is 3.77. The third kappa shape index (κ3) is 3.94. The number of nitrogens with two attached hydrogens (primary N) is 1. The average Bonchev–Trinajstić information content (AvgIpc) is 2.68. The van der Waals surface area contributed by atoms with E-state index in [2.05, 4.69) is 5.32 Å². The van der Waals surface area contributed by atoms with E-state index in [1.54, 1.807) is 0 Å². The van der Waals surface area contributed by atoms with Gasteiger partial charge in [0.05, 0.1) is 22.4 Å². The fourth-order valence-corrected chi connectivity index (χ4v) is 4.89. The Kier molecular flexibility index (Phi) is 4.29. The van der Waals surface area contributed by atoms with E-state index in [1.165, 1.54) is 18.2 Å². The first-order valence-electron chi connectivity index (χ1n) is 5.92. The molecular weight excluding hydrogens is 340 g/mol. The highest BCUT2D eigenvalue weighted by Crippen LogP contribution is 2.25. The minimum Gasteiger partial charge on any atom is -0.326 e. The number of benzene rings is 1. The molecule has 3 N–H and O–H groups in total. The number of primary sulfonamides is 1. The van der Waals surface area contributed by atoms with Crippen molar-refractivity contribution in [3.05, 3.63) is 23.2 Å². The molecular formula is C11H13ClN2O5S2. The van der Waals surface area contributed by atoms with Gasteiger partial charge in [-0.2, -0.15) is 0 Å². The van der Waals surface area contributed by atoms with Gasteiger partial charge in [0.25, 0.3) is 0 Å². The van der Waals surface area contributed by atoms with Crippen LogP contribution in [0, 0.1) is 5.92 Å². The molecule has 0 saturated carbocycles. The van der Waals surface area contributed by atoms with Crippen LogP contribution < -0.4 is 10.5 Å². The van der Waals surface area contributed by atoms with Gasteiger partial charge in [0.1, 0.15) is 4.90 Å². The Hall–Kier alpha value is -1.16. The lowest BCUT2D eigenvalue weighted by Gasteiger charge is -2.10. The van der Waals surface area contributed by atoms with Crippen LogP contribution in [0.5, 0.6) is 0 Å². The summed E-state index contributed by atoms with van der Waals surface area (Å²) in [6.07, 6.45) is 0.275. The van der Waals surface area contributed by atoms with Crippen molar-refractivity contribution in [2.75, 3.05) is 16.8 Å². The molecule has 21 heavy (non-hydrogen) atoms. The Labute approximate surface area is 127 Å². The Morgan fingerprint density at radius 3 is 2.52 bits per heavy atom. The summed E-state index contributed by atoms with van der Waals surface area (Å²) in [5, 5.41) is 7.37. The van der Waals surface area contributed by atoms with Crippen molar-refractivity contribution in [3.63, 3.8) is 0 Å². The molecule has 1 fully saturated rings. The number of carbonyl (C=O) groups excluding carboxylic acids is 1. The molecule has 1 atom stereocenters. The minimum atomic E-state index is -3.93. The molecule has 7 nitrogen and oxygen atoms in total. The molecule has 1 aromatic rings. The summed E-state index contributed by atoms with van der Waals surface area (Å²) in [6.45, 7) is 0. The molecule has 0 bridgehead atoms. The van der Waals surface area contributed by atoms with Crippen LogP contribution in [-0.4, -0.2) is 34.2 Å². The molecule has 1 aliphatic rings. The second kappa shape index (κ2) is 5.56. The third-order valence-corrected chi connectivity index (χ3v) is 6.27. The zero-order valence-electron chi connectivity index (χ0n) is 10.7. The summed E-state index contributed by atoms with van der Waals surface area (Å²) in [5.74, 6) is -1.22. The first-order valence-corrected chi connectivity index (χ1v) is 9.67. The van der Waals surface area contributed by atoms with Crippen molar-refractivity contribution in [2.24, 2.45) is 11.1 Å². The Bertz CT molecular complexity index is 789. The van der Waals surface area contributed by atoms with E-state index in [0.717, 1.165) is 0 Å². The number of hydrogen-bond donors (Lipinski definition) is 2. The fraction of sp³-hybridized carbons (Fsp3) is 0.364. The number of sulfonamides is 1. The van der Waals surface area contributed by atoms with E-state index in [1.807, 2.05) is 0 Å². The summed E-state index contributed by atoms with van der Waals surface area (Å²) >= 11 is 5.80. The number of nitrogens with one attached hydrogen (secondary N) is 1. The summed E-state index contributed by atoms with van der Waals surface area (Å²) < 4.78 is 45.1. The maximum Gasteiger partial charge on any atom is 0.239 e. The highest BCUT2D eigenvalue weighted by molar-refractivity contribution is 7.91. The van der Waals surface area contributed by atoms with E-state index in [4.69, 9.17) is 16.7 Å². The van der Waals surface area contributed by atoms with Crippen LogP contribution in [0.1, 0.15) is 6.42 Å². The number of carbonyl (C=O) groups is 1. The van der Waals surface area contributed by atoms with Crippen molar-refractivity contribution in [1.29, 1.82) is 0 Å². The van der Waals surface area contributed by atoms with Crippen LogP contribution in [0.3, 0.4) is 0 Å². The second-order valence-corrected chi connectivity index (χ2v) is 8.95. The summed E-state index contributed by atoms with van der Waals surface area (Å²) in [7, 11) is -7.08. The van der Waals surface area contributed by atoms with Gasteiger partial charge in [-0.1, -0.05) is 11.6 Å². The number of halogens is 1. The molecule has 0 radical (unpaired) electrons. The van der Waals surface area contributed by atoms with Crippen molar-refractivity contribution in [2.45, 2.75) is 11.3 Å². The lowest BCUT2D eigenvalue weighted by atomic mass is 10.1. The number of hydrogen-bond acceptors (Lipinski definition) is 5. The number of rotatable bonds is 3. The molecule has 0 aliphatic carbocycles. The van der Waals surface area contributed by atoms with Gasteiger partial charge in [0, 0.05) is 5.69 Å². The van der Waals surface area contributed by atoms with E-state index in [9.17, 15) is 21.6 Å².